The van der Waals surface area contributed by atoms with Gasteiger partial charge >= 0.3 is 0 Å². The second kappa shape index (κ2) is 13.9. The topological polar surface area (TPSA) is 125 Å². The number of benzene rings is 1. The normalized spacial score (nSPS) is 17.9. The van der Waals surface area contributed by atoms with Crippen molar-refractivity contribution in [1.82, 2.24) is 15.2 Å². The highest BCUT2D eigenvalue weighted by Crippen LogP contribution is 2.37. The molecule has 230 valence electrons. The van der Waals surface area contributed by atoms with Crippen molar-refractivity contribution in [3.8, 4) is 28.7 Å². The summed E-state index contributed by atoms with van der Waals surface area (Å²) in [4.78, 5) is 18.2. The molecule has 1 saturated carbocycles. The number of nitrogens with one attached hydrogen (secondary N) is 2. The Morgan fingerprint density at radius 3 is 2.57 bits per heavy atom. The minimum atomic E-state index is -2.90. The SMILES string of the molecule is CC.COc1cnc(C(F)F)cc1-c1cc(CC(C)(O)N2CC(F)(F)C2)ccc1C(=O)NC(N)SC(=N)C#CC1CC1.[HH]. The summed E-state index contributed by atoms with van der Waals surface area (Å²) < 4.78 is 59.2. The van der Waals surface area contributed by atoms with E-state index in [-0.39, 0.29) is 35.3 Å². The first-order valence-corrected chi connectivity index (χ1v) is 14.3. The van der Waals surface area contributed by atoms with Gasteiger partial charge in [0.1, 0.15) is 27.7 Å². The zero-order valence-corrected chi connectivity index (χ0v) is 24.6. The predicted molar refractivity (Wildman–Crippen MR) is 157 cm³/mol. The molecule has 0 spiro atoms. The molecule has 8 nitrogen and oxygen atoms in total. The van der Waals surface area contributed by atoms with Crippen molar-refractivity contribution in [2.75, 3.05) is 20.2 Å². The van der Waals surface area contributed by atoms with Crippen LogP contribution in [0.15, 0.2) is 30.5 Å². The fourth-order valence-corrected chi connectivity index (χ4v) is 4.75. The molecular weight excluding hydrogens is 574 g/mol. The molecule has 13 heteroatoms. The first-order chi connectivity index (χ1) is 19.8. The van der Waals surface area contributed by atoms with Crippen molar-refractivity contribution in [1.29, 1.82) is 5.41 Å². The van der Waals surface area contributed by atoms with Crippen LogP contribution in [0.3, 0.4) is 0 Å². The van der Waals surface area contributed by atoms with E-state index in [4.69, 9.17) is 15.9 Å². The molecule has 1 amide bonds. The van der Waals surface area contributed by atoms with Crippen LogP contribution in [0.4, 0.5) is 17.6 Å². The Morgan fingerprint density at radius 1 is 1.33 bits per heavy atom. The first kappa shape index (κ1) is 33.3. The summed E-state index contributed by atoms with van der Waals surface area (Å²) in [6, 6.07) is 5.58. The van der Waals surface area contributed by atoms with Crippen LogP contribution in [0.5, 0.6) is 5.75 Å². The lowest BCUT2D eigenvalue weighted by Crippen LogP contribution is -2.65. The number of thioether (sulfide) groups is 1. The molecule has 5 N–H and O–H groups in total. The minimum absolute atomic E-state index is 0. The van der Waals surface area contributed by atoms with Gasteiger partial charge in [0, 0.05) is 24.9 Å². The molecule has 2 heterocycles. The zero-order valence-electron chi connectivity index (χ0n) is 23.8. The van der Waals surface area contributed by atoms with Crippen LogP contribution in [0, 0.1) is 23.2 Å². The number of hydrogen-bond donors (Lipinski definition) is 4. The number of nitrogens with two attached hydrogens (primary N) is 1. The van der Waals surface area contributed by atoms with Gasteiger partial charge < -0.3 is 20.9 Å². The maximum Gasteiger partial charge on any atom is 0.280 e. The Labute approximate surface area is 248 Å². The number of nitrogens with zero attached hydrogens (tertiary/aromatic N) is 2. The number of aliphatic hydroxyl groups is 1. The van der Waals surface area contributed by atoms with E-state index in [1.165, 1.54) is 37.1 Å². The number of carbonyl (C=O) groups is 1. The molecule has 1 aromatic carbocycles. The van der Waals surface area contributed by atoms with Gasteiger partial charge in [0.2, 0.25) is 0 Å². The summed E-state index contributed by atoms with van der Waals surface area (Å²) in [5.74, 6) is 2.51. The van der Waals surface area contributed by atoms with Gasteiger partial charge in [0.25, 0.3) is 18.3 Å². The van der Waals surface area contributed by atoms with Gasteiger partial charge in [-0.15, -0.1) is 0 Å². The van der Waals surface area contributed by atoms with Crippen LogP contribution in [0.1, 0.15) is 63.1 Å². The minimum Gasteiger partial charge on any atom is -0.494 e. The molecule has 1 aliphatic carbocycles. The Bertz CT molecular complexity index is 1360. The van der Waals surface area contributed by atoms with Crippen LogP contribution in [-0.4, -0.2) is 63.3 Å². The molecule has 42 heavy (non-hydrogen) atoms. The molecule has 2 aliphatic rings. The van der Waals surface area contributed by atoms with Gasteiger partial charge in [-0.3, -0.25) is 20.1 Å². The summed E-state index contributed by atoms with van der Waals surface area (Å²) in [5.41, 5.74) is 3.66. The number of methoxy groups -OCH3 is 1. The smallest absolute Gasteiger partial charge is 0.280 e. The van der Waals surface area contributed by atoms with Crippen molar-refractivity contribution >= 4 is 22.7 Å². The average Bonchev–Trinajstić information content (AvgIpc) is 3.75. The van der Waals surface area contributed by atoms with E-state index >= 15 is 0 Å². The van der Waals surface area contributed by atoms with E-state index in [1.54, 1.807) is 0 Å². The van der Waals surface area contributed by atoms with Gasteiger partial charge in [-0.2, -0.15) is 0 Å². The number of amides is 1. The molecule has 0 radical (unpaired) electrons. The van der Waals surface area contributed by atoms with Crippen LogP contribution >= 0.6 is 11.8 Å². The summed E-state index contributed by atoms with van der Waals surface area (Å²) >= 11 is 0.853. The van der Waals surface area contributed by atoms with Crippen LogP contribution in [0.2, 0.25) is 0 Å². The maximum atomic E-state index is 13.5. The molecule has 2 aromatic rings. The second-order valence-electron chi connectivity index (χ2n) is 9.98. The van der Waals surface area contributed by atoms with Crippen LogP contribution in [0.25, 0.3) is 11.1 Å². The Balaban J connectivity index is 0.00000211. The third-order valence-corrected chi connectivity index (χ3v) is 7.21. The van der Waals surface area contributed by atoms with E-state index in [1.807, 2.05) is 13.8 Å². The highest BCUT2D eigenvalue weighted by Gasteiger charge is 2.50. The Hall–Kier alpha value is -3.18. The lowest BCUT2D eigenvalue weighted by molar-refractivity contribution is -0.224. The first-order valence-electron chi connectivity index (χ1n) is 13.4. The molecule has 4 rings (SSSR count). The molecule has 1 saturated heterocycles. The van der Waals surface area contributed by atoms with Crippen molar-refractivity contribution in [3.05, 3.63) is 47.3 Å². The van der Waals surface area contributed by atoms with E-state index in [9.17, 15) is 27.5 Å². The van der Waals surface area contributed by atoms with E-state index in [0.29, 0.717) is 11.5 Å². The summed E-state index contributed by atoms with van der Waals surface area (Å²) in [5, 5.41) is 21.4. The highest BCUT2D eigenvalue weighted by molar-refractivity contribution is 8.14. The van der Waals surface area contributed by atoms with E-state index in [0.717, 1.165) is 36.9 Å². The number of halogens is 4. The quantitative estimate of drug-likeness (QED) is 0.100. The van der Waals surface area contributed by atoms with Crippen molar-refractivity contribution < 1.29 is 33.6 Å². The number of aromatic nitrogens is 1. The number of alkyl halides is 4. The monoisotopic (exact) mass is 611 g/mol. The molecular formula is C29H37F4N5O3S. The number of likely N-dealkylation sites (tertiary alicyclic amines) is 1. The third-order valence-electron chi connectivity index (χ3n) is 6.50. The van der Waals surface area contributed by atoms with Gasteiger partial charge in [-0.05, 0) is 48.9 Å². The number of ether oxygens (including phenoxy) is 1. The molecule has 0 bridgehead atoms. The van der Waals surface area contributed by atoms with Crippen LogP contribution in [-0.2, 0) is 6.42 Å². The molecule has 2 atom stereocenters. The van der Waals surface area contributed by atoms with E-state index in [2.05, 4.69) is 22.1 Å². The second-order valence-corrected chi connectivity index (χ2v) is 11.1. The number of rotatable bonds is 9. The average molecular weight is 612 g/mol. The van der Waals surface area contributed by atoms with E-state index < -0.39 is 48.3 Å². The molecule has 2 unspecified atom stereocenters. The van der Waals surface area contributed by atoms with Gasteiger partial charge in [-0.1, -0.05) is 43.7 Å². The third kappa shape index (κ3) is 8.67. The summed E-state index contributed by atoms with van der Waals surface area (Å²) in [6.45, 7) is 4.21. The standard InChI is InChI=1S/C27H29F4N5O3S.C2H6.H2/c1-26(38,36-13-27(30,31)14-36)11-16-5-7-17(24(37)35-25(33)40-22(32)8-6-15-3-4-15)18(9-16)19-10-20(23(28)29)34-12-21(19)39-2;1-2;/h5,7,9-10,12,15,23,25,32,38H,3-4,11,13-14,33H2,1-2H3,(H,35,37);1-2H3;1H. The number of carbonyl (C=O) groups excluding carboxylic acids is 1. The molecule has 1 aromatic heterocycles. The lowest BCUT2D eigenvalue weighted by atomic mass is 9.92. The van der Waals surface area contributed by atoms with Gasteiger partial charge in [-0.25, -0.2) is 17.6 Å². The predicted octanol–water partition coefficient (Wildman–Crippen LogP) is 5.26. The van der Waals surface area contributed by atoms with Crippen molar-refractivity contribution in [2.45, 2.75) is 63.6 Å². The lowest BCUT2D eigenvalue weighted by Gasteiger charge is -2.47. The Kier molecular flexibility index (Phi) is 11.0. The fraction of sp³-hybridized carbons (Fsp3) is 0.483. The number of pyridine rings is 1. The summed E-state index contributed by atoms with van der Waals surface area (Å²) in [6.07, 6.45) is 0.132. The fourth-order valence-electron chi connectivity index (χ4n) is 4.21. The number of hydrogen-bond acceptors (Lipinski definition) is 8. The summed E-state index contributed by atoms with van der Waals surface area (Å²) in [7, 11) is 1.32. The van der Waals surface area contributed by atoms with Crippen molar-refractivity contribution in [3.63, 3.8) is 0 Å². The molecule has 1 aliphatic heterocycles. The Morgan fingerprint density at radius 2 is 2.00 bits per heavy atom. The molecule has 2 fully saturated rings. The maximum absolute atomic E-state index is 13.5. The van der Waals surface area contributed by atoms with Gasteiger partial charge in [0.15, 0.2) is 0 Å². The van der Waals surface area contributed by atoms with Crippen LogP contribution < -0.4 is 15.8 Å². The largest absolute Gasteiger partial charge is 0.494 e. The van der Waals surface area contributed by atoms with Gasteiger partial charge in [0.05, 0.1) is 26.4 Å². The van der Waals surface area contributed by atoms with Crippen molar-refractivity contribution in [2.24, 2.45) is 11.7 Å². The zero-order chi connectivity index (χ0) is 31.2. The highest BCUT2D eigenvalue weighted by atomic mass is 32.2.